The Morgan fingerprint density at radius 2 is 1.95 bits per heavy atom. The molecule has 0 aromatic heterocycles. The molecule has 6 nitrogen and oxygen atoms in total. The second-order valence-electron chi connectivity index (χ2n) is 4.19. The first-order valence-electron chi connectivity index (χ1n) is 5.90. The second-order valence-corrected chi connectivity index (χ2v) is 5.05. The van der Waals surface area contributed by atoms with Crippen LogP contribution in [-0.2, 0) is 25.6 Å². The van der Waals surface area contributed by atoms with Gasteiger partial charge in [-0.05, 0) is 33.6 Å². The molecule has 0 aliphatic carbocycles. The summed E-state index contributed by atoms with van der Waals surface area (Å²) in [5.74, 6) is -0.990. The monoisotopic (exact) mass is 341 g/mol. The van der Waals surface area contributed by atoms with Crippen molar-refractivity contribution >= 4 is 33.7 Å². The Balaban J connectivity index is 1.99. The zero-order chi connectivity index (χ0) is 14.7. The fraction of sp³-hybridized carbons (Fsp3) is 0.308. The van der Waals surface area contributed by atoms with Gasteiger partial charge in [0.25, 0.3) is 11.8 Å². The second kappa shape index (κ2) is 6.04. The largest absolute Gasteiger partial charge is 0.496 e. The topological polar surface area (TPSA) is 72.9 Å². The molecule has 20 heavy (non-hydrogen) atoms. The SMILES string of the molecule is COc1ccc(CC(=O)ON2C(=O)CCC2=O)cc1Br. The van der Waals surface area contributed by atoms with Crippen LogP contribution in [0.5, 0.6) is 5.75 Å². The molecule has 1 aromatic rings. The van der Waals surface area contributed by atoms with Crippen molar-refractivity contribution < 1.29 is 24.0 Å². The molecule has 0 N–H and O–H groups in total. The van der Waals surface area contributed by atoms with Gasteiger partial charge in [-0.2, -0.15) is 0 Å². The van der Waals surface area contributed by atoms with Crippen LogP contribution in [0, 0.1) is 0 Å². The molecule has 0 saturated carbocycles. The van der Waals surface area contributed by atoms with E-state index in [1.165, 1.54) is 0 Å². The van der Waals surface area contributed by atoms with Crippen LogP contribution in [0.15, 0.2) is 22.7 Å². The Kier molecular flexibility index (Phi) is 4.39. The Bertz CT molecular complexity index is 556. The Hall–Kier alpha value is -1.89. The molecule has 0 spiro atoms. The molecule has 1 saturated heterocycles. The lowest BCUT2D eigenvalue weighted by Gasteiger charge is -2.12. The summed E-state index contributed by atoms with van der Waals surface area (Å²) in [4.78, 5) is 39.1. The van der Waals surface area contributed by atoms with Crippen LogP contribution >= 0.6 is 15.9 Å². The summed E-state index contributed by atoms with van der Waals surface area (Å²) in [5, 5.41) is 0.543. The highest BCUT2D eigenvalue weighted by Gasteiger charge is 2.32. The number of nitrogens with zero attached hydrogens (tertiary/aromatic N) is 1. The summed E-state index contributed by atoms with van der Waals surface area (Å²) in [6.07, 6.45) is 0.125. The van der Waals surface area contributed by atoms with Gasteiger partial charge in [0.15, 0.2) is 0 Å². The lowest BCUT2D eigenvalue weighted by molar-refractivity contribution is -0.197. The predicted molar refractivity (Wildman–Crippen MR) is 71.6 cm³/mol. The third-order valence-corrected chi connectivity index (χ3v) is 3.38. The van der Waals surface area contributed by atoms with Crippen molar-refractivity contribution in [3.8, 4) is 5.75 Å². The van der Waals surface area contributed by atoms with E-state index in [0.29, 0.717) is 20.8 Å². The minimum absolute atomic E-state index is 0.0420. The van der Waals surface area contributed by atoms with Crippen molar-refractivity contribution in [1.29, 1.82) is 0 Å². The van der Waals surface area contributed by atoms with Crippen molar-refractivity contribution in [3.05, 3.63) is 28.2 Å². The highest BCUT2D eigenvalue weighted by atomic mass is 79.9. The zero-order valence-electron chi connectivity index (χ0n) is 10.7. The van der Waals surface area contributed by atoms with Gasteiger partial charge in [0.2, 0.25) is 0 Å². The fourth-order valence-electron chi connectivity index (χ4n) is 1.78. The average molecular weight is 342 g/mol. The first-order valence-corrected chi connectivity index (χ1v) is 6.69. The zero-order valence-corrected chi connectivity index (χ0v) is 12.3. The quantitative estimate of drug-likeness (QED) is 0.778. The van der Waals surface area contributed by atoms with Gasteiger partial charge in [0.1, 0.15) is 5.75 Å². The Labute approximate surface area is 123 Å². The molecular formula is C13H12BrNO5. The van der Waals surface area contributed by atoms with Crippen molar-refractivity contribution in [3.63, 3.8) is 0 Å². The number of halogens is 1. The number of carbonyl (C=O) groups excluding carboxylic acids is 3. The fourth-order valence-corrected chi connectivity index (χ4v) is 2.37. The van der Waals surface area contributed by atoms with Crippen molar-refractivity contribution in [2.24, 2.45) is 0 Å². The van der Waals surface area contributed by atoms with E-state index in [9.17, 15) is 14.4 Å². The number of benzene rings is 1. The van der Waals surface area contributed by atoms with Gasteiger partial charge in [-0.3, -0.25) is 9.59 Å². The van der Waals surface area contributed by atoms with E-state index in [0.717, 1.165) is 0 Å². The van der Waals surface area contributed by atoms with Crippen molar-refractivity contribution in [1.82, 2.24) is 5.06 Å². The number of hydroxylamine groups is 2. The summed E-state index contributed by atoms with van der Waals surface area (Å²) in [7, 11) is 1.54. The van der Waals surface area contributed by atoms with Crippen LogP contribution < -0.4 is 4.74 Å². The molecule has 106 valence electrons. The van der Waals surface area contributed by atoms with E-state index in [-0.39, 0.29) is 19.3 Å². The van der Waals surface area contributed by atoms with Gasteiger partial charge in [-0.25, -0.2) is 4.79 Å². The van der Waals surface area contributed by atoms with Crippen molar-refractivity contribution in [2.45, 2.75) is 19.3 Å². The van der Waals surface area contributed by atoms with E-state index in [4.69, 9.17) is 9.57 Å². The van der Waals surface area contributed by atoms with Crippen LogP contribution in [0.2, 0.25) is 0 Å². The van der Waals surface area contributed by atoms with Gasteiger partial charge in [0, 0.05) is 12.8 Å². The van der Waals surface area contributed by atoms with Crippen LogP contribution in [0.25, 0.3) is 0 Å². The smallest absolute Gasteiger partial charge is 0.337 e. The molecule has 2 rings (SSSR count). The van der Waals surface area contributed by atoms with E-state index in [2.05, 4.69) is 15.9 Å². The third-order valence-electron chi connectivity index (χ3n) is 2.76. The van der Waals surface area contributed by atoms with Gasteiger partial charge in [-0.15, -0.1) is 5.06 Å². The minimum atomic E-state index is -0.661. The maximum absolute atomic E-state index is 11.7. The Morgan fingerprint density at radius 1 is 1.30 bits per heavy atom. The number of imide groups is 1. The normalized spacial score (nSPS) is 14.6. The van der Waals surface area contributed by atoms with Crippen molar-refractivity contribution in [2.75, 3.05) is 7.11 Å². The lowest BCUT2D eigenvalue weighted by Crippen LogP contribution is -2.32. The van der Waals surface area contributed by atoms with E-state index >= 15 is 0 Å². The molecule has 1 aliphatic heterocycles. The molecule has 0 unspecified atom stereocenters. The number of ether oxygens (including phenoxy) is 1. The summed E-state index contributed by atoms with van der Waals surface area (Å²) >= 11 is 3.31. The molecule has 1 fully saturated rings. The summed E-state index contributed by atoms with van der Waals surface area (Å²) in [6, 6.07) is 5.13. The molecule has 0 bridgehead atoms. The van der Waals surface area contributed by atoms with Crippen LogP contribution in [0.3, 0.4) is 0 Å². The minimum Gasteiger partial charge on any atom is -0.496 e. The lowest BCUT2D eigenvalue weighted by atomic mass is 10.1. The van der Waals surface area contributed by atoms with Gasteiger partial charge >= 0.3 is 5.97 Å². The van der Waals surface area contributed by atoms with Gasteiger partial charge in [0.05, 0.1) is 18.0 Å². The number of hydrogen-bond acceptors (Lipinski definition) is 5. The van der Waals surface area contributed by atoms with E-state index in [1.807, 2.05) is 0 Å². The first-order chi connectivity index (χ1) is 9.51. The summed E-state index contributed by atoms with van der Waals surface area (Å²) < 4.78 is 5.79. The standard InChI is InChI=1S/C13H12BrNO5/c1-19-10-3-2-8(6-9(10)14)7-13(18)20-15-11(16)4-5-12(15)17/h2-3,6H,4-5,7H2,1H3. The third kappa shape index (κ3) is 3.16. The van der Waals surface area contributed by atoms with Crippen LogP contribution in [0.1, 0.15) is 18.4 Å². The number of methoxy groups -OCH3 is 1. The highest BCUT2D eigenvalue weighted by Crippen LogP contribution is 2.25. The van der Waals surface area contributed by atoms with Gasteiger partial charge in [-0.1, -0.05) is 6.07 Å². The first kappa shape index (κ1) is 14.5. The molecule has 0 radical (unpaired) electrons. The molecule has 0 atom stereocenters. The van der Waals surface area contributed by atoms with E-state index in [1.54, 1.807) is 25.3 Å². The number of hydrogen-bond donors (Lipinski definition) is 0. The van der Waals surface area contributed by atoms with Crippen LogP contribution in [-0.4, -0.2) is 30.0 Å². The number of rotatable bonds is 4. The molecule has 1 heterocycles. The maximum Gasteiger partial charge on any atom is 0.337 e. The predicted octanol–water partition coefficient (Wildman–Crippen LogP) is 1.61. The maximum atomic E-state index is 11.7. The highest BCUT2D eigenvalue weighted by molar-refractivity contribution is 9.10. The number of carbonyl (C=O) groups is 3. The van der Waals surface area contributed by atoms with Gasteiger partial charge < -0.3 is 9.57 Å². The van der Waals surface area contributed by atoms with Crippen LogP contribution in [0.4, 0.5) is 0 Å². The Morgan fingerprint density at radius 3 is 2.50 bits per heavy atom. The number of amides is 2. The molecular weight excluding hydrogens is 330 g/mol. The molecule has 1 aromatic carbocycles. The summed E-state index contributed by atoms with van der Waals surface area (Å²) in [6.45, 7) is 0. The van der Waals surface area contributed by atoms with E-state index < -0.39 is 17.8 Å². The summed E-state index contributed by atoms with van der Waals surface area (Å²) in [5.41, 5.74) is 0.682. The molecule has 2 amide bonds. The molecule has 1 aliphatic rings. The molecule has 7 heteroatoms. The average Bonchev–Trinajstić information content (AvgIpc) is 2.71.